The fourth-order valence-corrected chi connectivity index (χ4v) is 2.94. The van der Waals surface area contributed by atoms with Crippen molar-refractivity contribution in [1.82, 2.24) is 4.90 Å². The van der Waals surface area contributed by atoms with Gasteiger partial charge in [0.15, 0.2) is 0 Å². The number of carbonyl (C=O) groups excluding carboxylic acids is 1. The first kappa shape index (κ1) is 15.6. The topological polar surface area (TPSA) is 45.9 Å². The van der Waals surface area contributed by atoms with E-state index in [1.165, 1.54) is 12.8 Å². The number of hydrogen-bond acceptors (Lipinski definition) is 5. The van der Waals surface area contributed by atoms with Crippen LogP contribution < -0.4 is 4.90 Å². The molecule has 0 saturated carbocycles. The van der Waals surface area contributed by atoms with Gasteiger partial charge in [0.25, 0.3) is 0 Å². The number of nitrogens with zero attached hydrogens (tertiary/aromatic N) is 2. The lowest BCUT2D eigenvalue weighted by Crippen LogP contribution is -2.45. The monoisotopic (exact) mass is 314 g/mol. The van der Waals surface area contributed by atoms with Gasteiger partial charge in [-0.15, -0.1) is 0 Å². The molecule has 5 heteroatoms. The van der Waals surface area contributed by atoms with E-state index in [-0.39, 0.29) is 0 Å². The summed E-state index contributed by atoms with van der Waals surface area (Å²) in [6.45, 7) is 6.53. The summed E-state index contributed by atoms with van der Waals surface area (Å²) in [7, 11) is 1.37. The van der Waals surface area contributed by atoms with Crippen LogP contribution in [0.1, 0.15) is 21.9 Å². The summed E-state index contributed by atoms with van der Waals surface area (Å²) in [5.41, 5.74) is 2.10. The standard InChI is InChI=1S/C18H22N2O3/c1-14-12-16(23-17(14)18(21)22-2)13-19-8-10-20(11-9-19)15-6-4-3-5-7-15/h3-7,12H,8-11,13H2,1-2H3. The third kappa shape index (κ3) is 3.56. The molecule has 1 aliphatic heterocycles. The minimum absolute atomic E-state index is 0.311. The Hall–Kier alpha value is -2.27. The minimum Gasteiger partial charge on any atom is -0.463 e. The summed E-state index contributed by atoms with van der Waals surface area (Å²) < 4.78 is 10.4. The molecule has 0 aliphatic carbocycles. The van der Waals surface area contributed by atoms with E-state index in [0.29, 0.717) is 5.76 Å². The zero-order chi connectivity index (χ0) is 16.2. The Morgan fingerprint density at radius 2 is 1.87 bits per heavy atom. The van der Waals surface area contributed by atoms with Crippen LogP contribution in [0, 0.1) is 6.92 Å². The summed E-state index contributed by atoms with van der Waals surface area (Å²) in [6, 6.07) is 12.4. The van der Waals surface area contributed by atoms with Gasteiger partial charge in [-0.25, -0.2) is 4.79 Å². The second kappa shape index (κ2) is 6.87. The molecule has 5 nitrogen and oxygen atoms in total. The molecule has 3 rings (SSSR count). The molecule has 1 saturated heterocycles. The van der Waals surface area contributed by atoms with Crippen molar-refractivity contribution in [1.29, 1.82) is 0 Å². The highest BCUT2D eigenvalue weighted by atomic mass is 16.5. The number of benzene rings is 1. The lowest BCUT2D eigenvalue weighted by molar-refractivity contribution is 0.0560. The minimum atomic E-state index is -0.414. The van der Waals surface area contributed by atoms with E-state index in [0.717, 1.165) is 44.0 Å². The van der Waals surface area contributed by atoms with Gasteiger partial charge in [-0.05, 0) is 25.1 Å². The first-order valence-corrected chi connectivity index (χ1v) is 7.87. The number of esters is 1. The molecular weight excluding hydrogens is 292 g/mol. The van der Waals surface area contributed by atoms with Crippen molar-refractivity contribution in [2.45, 2.75) is 13.5 Å². The van der Waals surface area contributed by atoms with Crippen LogP contribution in [0.4, 0.5) is 5.69 Å². The second-order valence-electron chi connectivity index (χ2n) is 5.82. The zero-order valence-electron chi connectivity index (χ0n) is 13.6. The van der Waals surface area contributed by atoms with Crippen molar-refractivity contribution in [3.8, 4) is 0 Å². The maximum atomic E-state index is 11.6. The van der Waals surface area contributed by atoms with Gasteiger partial charge >= 0.3 is 5.97 Å². The van der Waals surface area contributed by atoms with Crippen LogP contribution in [0.5, 0.6) is 0 Å². The predicted octanol–water partition coefficient (Wildman–Crippen LogP) is 2.70. The molecule has 1 fully saturated rings. The molecule has 0 amide bonds. The van der Waals surface area contributed by atoms with Gasteiger partial charge in [-0.2, -0.15) is 0 Å². The highest BCUT2D eigenvalue weighted by molar-refractivity contribution is 5.87. The van der Waals surface area contributed by atoms with Crippen LogP contribution in [-0.4, -0.2) is 44.2 Å². The maximum absolute atomic E-state index is 11.6. The van der Waals surface area contributed by atoms with Crippen molar-refractivity contribution in [2.75, 3.05) is 38.2 Å². The van der Waals surface area contributed by atoms with Crippen molar-refractivity contribution < 1.29 is 13.9 Å². The maximum Gasteiger partial charge on any atom is 0.374 e. The van der Waals surface area contributed by atoms with Crippen LogP contribution in [-0.2, 0) is 11.3 Å². The number of para-hydroxylation sites is 1. The van der Waals surface area contributed by atoms with E-state index in [4.69, 9.17) is 9.15 Å². The molecule has 0 atom stereocenters. The van der Waals surface area contributed by atoms with Crippen molar-refractivity contribution in [2.24, 2.45) is 0 Å². The summed E-state index contributed by atoms with van der Waals surface area (Å²) in [6.07, 6.45) is 0. The van der Waals surface area contributed by atoms with Crippen LogP contribution in [0.3, 0.4) is 0 Å². The first-order chi connectivity index (χ1) is 11.2. The number of piperazine rings is 1. The van der Waals surface area contributed by atoms with Gasteiger partial charge in [0.2, 0.25) is 5.76 Å². The van der Waals surface area contributed by atoms with Crippen LogP contribution >= 0.6 is 0 Å². The SMILES string of the molecule is COC(=O)c1oc(CN2CCN(c3ccccc3)CC2)cc1C. The molecular formula is C18H22N2O3. The number of anilines is 1. The summed E-state index contributed by atoms with van der Waals surface area (Å²) in [5.74, 6) is 0.712. The molecule has 1 aliphatic rings. The Morgan fingerprint density at radius 3 is 2.52 bits per heavy atom. The van der Waals surface area contributed by atoms with Gasteiger partial charge in [-0.3, -0.25) is 4.90 Å². The van der Waals surface area contributed by atoms with Gasteiger partial charge in [0, 0.05) is 37.4 Å². The molecule has 1 aromatic carbocycles. The smallest absolute Gasteiger partial charge is 0.374 e. The third-order valence-electron chi connectivity index (χ3n) is 4.21. The Morgan fingerprint density at radius 1 is 1.17 bits per heavy atom. The number of rotatable bonds is 4. The van der Waals surface area contributed by atoms with Crippen LogP contribution in [0.25, 0.3) is 0 Å². The number of aryl methyl sites for hydroxylation is 1. The lowest BCUT2D eigenvalue weighted by Gasteiger charge is -2.35. The number of carbonyl (C=O) groups is 1. The molecule has 2 heterocycles. The number of ether oxygens (including phenoxy) is 1. The molecule has 122 valence electrons. The lowest BCUT2D eigenvalue weighted by atomic mass is 10.2. The zero-order valence-corrected chi connectivity index (χ0v) is 13.6. The normalized spacial score (nSPS) is 15.7. The quantitative estimate of drug-likeness (QED) is 0.812. The Kier molecular flexibility index (Phi) is 4.67. The number of hydrogen-bond donors (Lipinski definition) is 0. The summed E-state index contributed by atoms with van der Waals surface area (Å²) in [4.78, 5) is 16.3. The molecule has 0 spiro atoms. The Bertz CT molecular complexity index is 658. The van der Waals surface area contributed by atoms with E-state index in [1.807, 2.05) is 19.1 Å². The van der Waals surface area contributed by atoms with E-state index in [2.05, 4.69) is 34.1 Å². The van der Waals surface area contributed by atoms with Crippen molar-refractivity contribution >= 4 is 11.7 Å². The van der Waals surface area contributed by atoms with Crippen molar-refractivity contribution in [3.05, 3.63) is 53.5 Å². The van der Waals surface area contributed by atoms with Crippen LogP contribution in [0.2, 0.25) is 0 Å². The molecule has 23 heavy (non-hydrogen) atoms. The molecule has 1 aromatic heterocycles. The largest absolute Gasteiger partial charge is 0.463 e. The highest BCUT2D eigenvalue weighted by Crippen LogP contribution is 2.20. The van der Waals surface area contributed by atoms with E-state index in [9.17, 15) is 4.79 Å². The second-order valence-corrected chi connectivity index (χ2v) is 5.82. The average molecular weight is 314 g/mol. The molecule has 0 N–H and O–H groups in total. The van der Waals surface area contributed by atoms with Crippen LogP contribution in [0.15, 0.2) is 40.8 Å². The highest BCUT2D eigenvalue weighted by Gasteiger charge is 2.21. The summed E-state index contributed by atoms with van der Waals surface area (Å²) >= 11 is 0. The molecule has 2 aromatic rings. The first-order valence-electron chi connectivity index (χ1n) is 7.87. The Labute approximate surface area is 136 Å². The van der Waals surface area contributed by atoms with Gasteiger partial charge in [0.05, 0.1) is 13.7 Å². The molecule has 0 unspecified atom stereocenters. The fraction of sp³-hybridized carbons (Fsp3) is 0.389. The van der Waals surface area contributed by atoms with E-state index < -0.39 is 5.97 Å². The molecule has 0 bridgehead atoms. The number of methoxy groups -OCH3 is 1. The van der Waals surface area contributed by atoms with Crippen molar-refractivity contribution in [3.63, 3.8) is 0 Å². The number of furan rings is 1. The van der Waals surface area contributed by atoms with E-state index >= 15 is 0 Å². The van der Waals surface area contributed by atoms with Gasteiger partial charge in [0.1, 0.15) is 5.76 Å². The fourth-order valence-electron chi connectivity index (χ4n) is 2.94. The average Bonchev–Trinajstić information content (AvgIpc) is 2.96. The summed E-state index contributed by atoms with van der Waals surface area (Å²) in [5, 5.41) is 0. The third-order valence-corrected chi connectivity index (χ3v) is 4.21. The van der Waals surface area contributed by atoms with Gasteiger partial charge in [-0.1, -0.05) is 18.2 Å². The van der Waals surface area contributed by atoms with Gasteiger partial charge < -0.3 is 14.1 Å². The predicted molar refractivity (Wildman–Crippen MR) is 88.7 cm³/mol. The Balaban J connectivity index is 1.58. The van der Waals surface area contributed by atoms with E-state index in [1.54, 1.807) is 0 Å². The molecule has 0 radical (unpaired) electrons.